The van der Waals surface area contributed by atoms with Gasteiger partial charge in [-0.15, -0.1) is 0 Å². The first-order valence-corrected chi connectivity index (χ1v) is 5.60. The van der Waals surface area contributed by atoms with E-state index in [9.17, 15) is 18.0 Å². The summed E-state index contributed by atoms with van der Waals surface area (Å²) in [6.45, 7) is 1.81. The summed E-state index contributed by atoms with van der Waals surface area (Å²) in [5.41, 5.74) is 5.15. The van der Waals surface area contributed by atoms with E-state index < -0.39 is 23.4 Å². The first kappa shape index (κ1) is 14.5. The van der Waals surface area contributed by atoms with Gasteiger partial charge in [-0.3, -0.25) is 4.79 Å². The Labute approximate surface area is 103 Å². The quantitative estimate of drug-likeness (QED) is 0.799. The zero-order valence-corrected chi connectivity index (χ0v) is 9.97. The zero-order chi connectivity index (χ0) is 13.7. The third-order valence-corrected chi connectivity index (χ3v) is 2.35. The van der Waals surface area contributed by atoms with Crippen molar-refractivity contribution >= 4 is 11.6 Å². The van der Waals surface area contributed by atoms with Crippen LogP contribution in [0.15, 0.2) is 12.1 Å². The van der Waals surface area contributed by atoms with Crippen LogP contribution in [0.3, 0.4) is 0 Å². The number of rotatable bonds is 5. The standard InChI is InChI=1S/C12H15F3N2O/c1-7(16)3-2-4-12(18)17-11-6-9(14)8(13)5-10(11)15/h5-7H,2-4,16H2,1H3,(H,17,18). The molecule has 1 amide bonds. The van der Waals surface area contributed by atoms with Gasteiger partial charge in [0.15, 0.2) is 11.6 Å². The molecule has 0 saturated carbocycles. The summed E-state index contributed by atoms with van der Waals surface area (Å²) in [7, 11) is 0. The molecule has 0 heterocycles. The monoisotopic (exact) mass is 260 g/mol. The number of halogens is 3. The Hall–Kier alpha value is -1.56. The van der Waals surface area contributed by atoms with Crippen LogP contribution in [0.1, 0.15) is 26.2 Å². The lowest BCUT2D eigenvalue weighted by molar-refractivity contribution is -0.116. The lowest BCUT2D eigenvalue weighted by Crippen LogP contribution is -2.17. The van der Waals surface area contributed by atoms with Crippen LogP contribution in [-0.2, 0) is 4.79 Å². The summed E-state index contributed by atoms with van der Waals surface area (Å²) < 4.78 is 38.7. The Bertz CT molecular complexity index is 436. The fourth-order valence-electron chi connectivity index (χ4n) is 1.42. The van der Waals surface area contributed by atoms with Crippen molar-refractivity contribution in [2.24, 2.45) is 5.73 Å². The number of hydrogen-bond acceptors (Lipinski definition) is 2. The minimum Gasteiger partial charge on any atom is -0.328 e. The van der Waals surface area contributed by atoms with Crippen molar-refractivity contribution in [2.45, 2.75) is 32.2 Å². The van der Waals surface area contributed by atoms with Crippen molar-refractivity contribution < 1.29 is 18.0 Å². The van der Waals surface area contributed by atoms with Crippen molar-refractivity contribution in [3.8, 4) is 0 Å². The molecule has 0 fully saturated rings. The van der Waals surface area contributed by atoms with Gasteiger partial charge in [0.25, 0.3) is 0 Å². The molecule has 18 heavy (non-hydrogen) atoms. The SMILES string of the molecule is CC(N)CCCC(=O)Nc1cc(F)c(F)cc1F. The molecule has 6 heteroatoms. The highest BCUT2D eigenvalue weighted by atomic mass is 19.2. The molecular weight excluding hydrogens is 245 g/mol. The van der Waals surface area contributed by atoms with Crippen molar-refractivity contribution in [1.29, 1.82) is 0 Å². The molecule has 1 unspecified atom stereocenters. The van der Waals surface area contributed by atoms with Gasteiger partial charge >= 0.3 is 0 Å². The summed E-state index contributed by atoms with van der Waals surface area (Å²) >= 11 is 0. The van der Waals surface area contributed by atoms with Gasteiger partial charge in [0, 0.05) is 24.6 Å². The summed E-state index contributed by atoms with van der Waals surface area (Å²) in [4.78, 5) is 11.4. The average molecular weight is 260 g/mol. The molecule has 3 N–H and O–H groups in total. The minimum absolute atomic E-state index is 0.0159. The van der Waals surface area contributed by atoms with E-state index >= 15 is 0 Å². The second-order valence-electron chi connectivity index (χ2n) is 4.16. The molecule has 0 spiro atoms. The van der Waals surface area contributed by atoms with Gasteiger partial charge < -0.3 is 11.1 Å². The third-order valence-electron chi connectivity index (χ3n) is 2.35. The van der Waals surface area contributed by atoms with Crippen LogP contribution < -0.4 is 11.1 Å². The second-order valence-corrected chi connectivity index (χ2v) is 4.16. The van der Waals surface area contributed by atoms with Gasteiger partial charge in [0.1, 0.15) is 5.82 Å². The van der Waals surface area contributed by atoms with E-state index in [1.807, 2.05) is 6.92 Å². The highest BCUT2D eigenvalue weighted by Gasteiger charge is 2.12. The van der Waals surface area contributed by atoms with Gasteiger partial charge in [-0.2, -0.15) is 0 Å². The molecule has 0 aromatic heterocycles. The Morgan fingerprint density at radius 2 is 1.89 bits per heavy atom. The fourth-order valence-corrected chi connectivity index (χ4v) is 1.42. The van der Waals surface area contributed by atoms with Crippen LogP contribution in [0.25, 0.3) is 0 Å². The molecule has 0 radical (unpaired) electrons. The van der Waals surface area contributed by atoms with Gasteiger partial charge in [-0.25, -0.2) is 13.2 Å². The smallest absolute Gasteiger partial charge is 0.224 e. The van der Waals surface area contributed by atoms with Crippen LogP contribution in [0.4, 0.5) is 18.9 Å². The number of hydrogen-bond donors (Lipinski definition) is 2. The lowest BCUT2D eigenvalue weighted by atomic mass is 10.1. The molecule has 1 atom stereocenters. The molecule has 100 valence electrons. The molecule has 0 bridgehead atoms. The van der Waals surface area contributed by atoms with Crippen LogP contribution in [0.5, 0.6) is 0 Å². The first-order valence-electron chi connectivity index (χ1n) is 5.60. The molecule has 0 saturated heterocycles. The maximum Gasteiger partial charge on any atom is 0.224 e. The van der Waals surface area contributed by atoms with E-state index in [-0.39, 0.29) is 18.2 Å². The topological polar surface area (TPSA) is 55.1 Å². The summed E-state index contributed by atoms with van der Waals surface area (Å²) in [6.07, 6.45) is 1.36. The normalized spacial score (nSPS) is 12.3. The largest absolute Gasteiger partial charge is 0.328 e. The van der Waals surface area contributed by atoms with E-state index in [1.165, 1.54) is 0 Å². The molecule has 1 rings (SSSR count). The van der Waals surface area contributed by atoms with E-state index in [0.29, 0.717) is 25.0 Å². The highest BCUT2D eigenvalue weighted by Crippen LogP contribution is 2.18. The average Bonchev–Trinajstić information content (AvgIpc) is 2.25. The third kappa shape index (κ3) is 4.37. The van der Waals surface area contributed by atoms with Gasteiger partial charge in [0.05, 0.1) is 5.69 Å². The van der Waals surface area contributed by atoms with Gasteiger partial charge in [-0.1, -0.05) is 0 Å². The predicted molar refractivity (Wildman–Crippen MR) is 62.4 cm³/mol. The molecule has 1 aromatic rings. The minimum atomic E-state index is -1.29. The molecule has 0 aliphatic carbocycles. The van der Waals surface area contributed by atoms with Crippen molar-refractivity contribution in [2.75, 3.05) is 5.32 Å². The summed E-state index contributed by atoms with van der Waals surface area (Å²) in [5.74, 6) is -3.96. The molecule has 0 aliphatic rings. The number of amides is 1. The lowest BCUT2D eigenvalue weighted by Gasteiger charge is -2.08. The number of carbonyl (C=O) groups is 1. The van der Waals surface area contributed by atoms with E-state index in [1.54, 1.807) is 0 Å². The van der Waals surface area contributed by atoms with Crippen molar-refractivity contribution in [3.05, 3.63) is 29.6 Å². The van der Waals surface area contributed by atoms with Crippen LogP contribution >= 0.6 is 0 Å². The molecule has 0 aliphatic heterocycles. The number of nitrogens with two attached hydrogens (primary N) is 1. The zero-order valence-electron chi connectivity index (χ0n) is 9.97. The Morgan fingerprint density at radius 1 is 1.28 bits per heavy atom. The molecule has 3 nitrogen and oxygen atoms in total. The van der Waals surface area contributed by atoms with Crippen LogP contribution in [0.2, 0.25) is 0 Å². The predicted octanol–water partition coefficient (Wildman–Crippen LogP) is 2.56. The molecular formula is C12H15F3N2O. The summed E-state index contributed by atoms with van der Waals surface area (Å²) in [6, 6.07) is 0.999. The van der Waals surface area contributed by atoms with Crippen molar-refractivity contribution in [3.63, 3.8) is 0 Å². The second kappa shape index (κ2) is 6.39. The van der Waals surface area contributed by atoms with Gasteiger partial charge in [0.2, 0.25) is 5.91 Å². The van der Waals surface area contributed by atoms with E-state index in [4.69, 9.17) is 5.73 Å². The van der Waals surface area contributed by atoms with E-state index in [0.717, 1.165) is 0 Å². The number of benzene rings is 1. The molecule has 1 aromatic carbocycles. The first-order chi connectivity index (χ1) is 8.40. The highest BCUT2D eigenvalue weighted by molar-refractivity contribution is 5.90. The summed E-state index contributed by atoms with van der Waals surface area (Å²) in [5, 5.41) is 2.19. The van der Waals surface area contributed by atoms with Crippen LogP contribution in [0, 0.1) is 17.5 Å². The Kier molecular flexibility index (Phi) is 5.15. The Balaban J connectivity index is 2.57. The Morgan fingerprint density at radius 3 is 2.50 bits per heavy atom. The number of carbonyl (C=O) groups excluding carboxylic acids is 1. The van der Waals surface area contributed by atoms with Crippen LogP contribution in [-0.4, -0.2) is 11.9 Å². The van der Waals surface area contributed by atoms with Crippen molar-refractivity contribution in [1.82, 2.24) is 0 Å². The van der Waals surface area contributed by atoms with Gasteiger partial charge in [-0.05, 0) is 19.8 Å². The number of anilines is 1. The fraction of sp³-hybridized carbons (Fsp3) is 0.417. The maximum atomic E-state index is 13.2. The number of nitrogens with one attached hydrogen (secondary N) is 1. The maximum absolute atomic E-state index is 13.2. The van der Waals surface area contributed by atoms with E-state index in [2.05, 4.69) is 5.32 Å².